The third-order valence-corrected chi connectivity index (χ3v) is 3.96. The summed E-state index contributed by atoms with van der Waals surface area (Å²) in [6.45, 7) is 10.2. The summed E-state index contributed by atoms with van der Waals surface area (Å²) in [5.74, 6) is 0.666. The Labute approximate surface area is 138 Å². The molecule has 0 aliphatic heterocycles. The van der Waals surface area contributed by atoms with Crippen molar-refractivity contribution in [1.29, 1.82) is 0 Å². The zero-order valence-electron chi connectivity index (χ0n) is 14.6. The molecule has 0 heterocycles. The van der Waals surface area contributed by atoms with Gasteiger partial charge in [-0.15, -0.1) is 0 Å². The molecule has 122 valence electrons. The molecule has 0 saturated heterocycles. The highest BCUT2D eigenvalue weighted by Crippen LogP contribution is 2.25. The number of aryl methyl sites for hydroxylation is 5. The van der Waals surface area contributed by atoms with Crippen molar-refractivity contribution in [1.82, 2.24) is 0 Å². The fourth-order valence-corrected chi connectivity index (χ4v) is 2.91. The van der Waals surface area contributed by atoms with E-state index < -0.39 is 0 Å². The minimum atomic E-state index is -0.131. The van der Waals surface area contributed by atoms with Crippen LogP contribution in [0, 0.1) is 27.7 Å². The van der Waals surface area contributed by atoms with E-state index >= 15 is 0 Å². The van der Waals surface area contributed by atoms with Crippen molar-refractivity contribution in [2.75, 3.05) is 11.9 Å². The summed E-state index contributed by atoms with van der Waals surface area (Å²) in [7, 11) is 0. The Kier molecular flexibility index (Phi) is 5.43. The van der Waals surface area contributed by atoms with E-state index in [0.717, 1.165) is 40.1 Å². The molecule has 1 amide bonds. The lowest BCUT2D eigenvalue weighted by Gasteiger charge is -2.15. The van der Waals surface area contributed by atoms with Gasteiger partial charge in [-0.05, 0) is 56.4 Å². The number of carbonyl (C=O) groups is 1. The Morgan fingerprint density at radius 2 is 1.70 bits per heavy atom. The van der Waals surface area contributed by atoms with Crippen molar-refractivity contribution >= 4 is 11.6 Å². The van der Waals surface area contributed by atoms with Crippen LogP contribution in [0.1, 0.15) is 34.7 Å². The van der Waals surface area contributed by atoms with E-state index in [1.54, 1.807) is 0 Å². The summed E-state index contributed by atoms with van der Waals surface area (Å²) < 4.78 is 5.76. The van der Waals surface area contributed by atoms with Gasteiger partial charge in [-0.25, -0.2) is 0 Å². The van der Waals surface area contributed by atoms with E-state index in [4.69, 9.17) is 4.74 Å². The minimum absolute atomic E-state index is 0.0161. The van der Waals surface area contributed by atoms with Gasteiger partial charge in [0, 0.05) is 5.69 Å². The molecule has 0 bridgehead atoms. The second-order valence-corrected chi connectivity index (χ2v) is 6.03. The van der Waals surface area contributed by atoms with Gasteiger partial charge in [0.05, 0.1) is 0 Å². The van der Waals surface area contributed by atoms with Crippen LogP contribution in [-0.4, -0.2) is 12.5 Å². The molecule has 2 aromatic rings. The predicted molar refractivity (Wildman–Crippen MR) is 95.3 cm³/mol. The molecule has 23 heavy (non-hydrogen) atoms. The molecule has 2 aromatic carbocycles. The smallest absolute Gasteiger partial charge is 0.262 e. The average molecular weight is 311 g/mol. The van der Waals surface area contributed by atoms with Gasteiger partial charge in [-0.1, -0.05) is 42.8 Å². The van der Waals surface area contributed by atoms with Crippen molar-refractivity contribution in [3.8, 4) is 5.75 Å². The molecule has 0 aliphatic carbocycles. The molecule has 2 rings (SSSR count). The van der Waals surface area contributed by atoms with Gasteiger partial charge in [0.15, 0.2) is 6.61 Å². The van der Waals surface area contributed by atoms with Gasteiger partial charge >= 0.3 is 0 Å². The first kappa shape index (κ1) is 17.1. The zero-order chi connectivity index (χ0) is 17.0. The molecule has 0 radical (unpaired) electrons. The lowest BCUT2D eigenvalue weighted by atomic mass is 10.1. The molecule has 0 spiro atoms. The van der Waals surface area contributed by atoms with Crippen LogP contribution < -0.4 is 10.1 Å². The summed E-state index contributed by atoms with van der Waals surface area (Å²) in [5, 5.41) is 2.99. The quantitative estimate of drug-likeness (QED) is 0.883. The van der Waals surface area contributed by atoms with Crippen LogP contribution in [0.15, 0.2) is 30.3 Å². The van der Waals surface area contributed by atoms with Crippen LogP contribution in [0.2, 0.25) is 0 Å². The molecule has 0 unspecified atom stereocenters. The van der Waals surface area contributed by atoms with E-state index in [9.17, 15) is 4.79 Å². The van der Waals surface area contributed by atoms with Crippen molar-refractivity contribution < 1.29 is 9.53 Å². The highest BCUT2D eigenvalue weighted by Gasteiger charge is 2.11. The van der Waals surface area contributed by atoms with Crippen LogP contribution in [0.5, 0.6) is 5.75 Å². The first-order chi connectivity index (χ1) is 10.9. The minimum Gasteiger partial charge on any atom is -0.483 e. The van der Waals surface area contributed by atoms with Gasteiger partial charge in [-0.2, -0.15) is 0 Å². The number of hydrogen-bond donors (Lipinski definition) is 1. The fourth-order valence-electron chi connectivity index (χ4n) is 2.91. The number of rotatable bonds is 5. The Bertz CT molecular complexity index is 697. The summed E-state index contributed by atoms with van der Waals surface area (Å²) in [4.78, 5) is 12.3. The molecular weight excluding hydrogens is 286 g/mol. The third kappa shape index (κ3) is 4.13. The lowest BCUT2D eigenvalue weighted by molar-refractivity contribution is -0.118. The zero-order valence-corrected chi connectivity index (χ0v) is 14.6. The van der Waals surface area contributed by atoms with Crippen molar-refractivity contribution in [2.45, 2.75) is 41.0 Å². The van der Waals surface area contributed by atoms with E-state index in [1.165, 1.54) is 5.56 Å². The summed E-state index contributed by atoms with van der Waals surface area (Å²) in [6.07, 6.45) is 0.883. The first-order valence-corrected chi connectivity index (χ1v) is 8.01. The summed E-state index contributed by atoms with van der Waals surface area (Å²) in [5.41, 5.74) is 6.42. The Morgan fingerprint density at radius 3 is 2.30 bits per heavy atom. The van der Waals surface area contributed by atoms with Crippen LogP contribution in [0.25, 0.3) is 0 Å². The first-order valence-electron chi connectivity index (χ1n) is 8.01. The second kappa shape index (κ2) is 7.32. The number of benzene rings is 2. The number of carbonyl (C=O) groups excluding carboxylic acids is 1. The Balaban J connectivity index is 2.07. The third-order valence-electron chi connectivity index (χ3n) is 3.96. The lowest BCUT2D eigenvalue weighted by Crippen LogP contribution is -2.22. The Hall–Kier alpha value is -2.29. The largest absolute Gasteiger partial charge is 0.483 e. The summed E-state index contributed by atoms with van der Waals surface area (Å²) in [6, 6.07) is 10.2. The molecule has 0 aliphatic rings. The maximum absolute atomic E-state index is 12.3. The van der Waals surface area contributed by atoms with Gasteiger partial charge in [-0.3, -0.25) is 4.79 Å². The molecule has 1 N–H and O–H groups in total. The molecule has 0 aromatic heterocycles. The molecule has 0 atom stereocenters. The predicted octanol–water partition coefficient (Wildman–Crippen LogP) is 4.50. The standard InChI is InChI=1S/C20H25NO2/c1-6-17-9-7-8-14(3)19(17)21-18(22)12-23-20-15(4)10-13(2)11-16(20)5/h7-11H,6,12H2,1-5H3,(H,21,22). The number of para-hydroxylation sites is 1. The molecule has 0 saturated carbocycles. The normalized spacial score (nSPS) is 10.5. The maximum atomic E-state index is 12.3. The van der Waals surface area contributed by atoms with Crippen LogP contribution >= 0.6 is 0 Å². The fraction of sp³-hybridized carbons (Fsp3) is 0.350. The van der Waals surface area contributed by atoms with E-state index in [1.807, 2.05) is 39.0 Å². The van der Waals surface area contributed by atoms with E-state index in [-0.39, 0.29) is 12.5 Å². The molecule has 3 nitrogen and oxygen atoms in total. The van der Waals surface area contributed by atoms with Gasteiger partial charge in [0.2, 0.25) is 0 Å². The highest BCUT2D eigenvalue weighted by molar-refractivity contribution is 5.93. The van der Waals surface area contributed by atoms with E-state index in [2.05, 4.69) is 31.3 Å². The van der Waals surface area contributed by atoms with Gasteiger partial charge < -0.3 is 10.1 Å². The summed E-state index contributed by atoms with van der Waals surface area (Å²) >= 11 is 0. The average Bonchev–Trinajstić information content (AvgIpc) is 2.48. The highest BCUT2D eigenvalue weighted by atomic mass is 16.5. The second-order valence-electron chi connectivity index (χ2n) is 6.03. The van der Waals surface area contributed by atoms with Crippen molar-refractivity contribution in [3.63, 3.8) is 0 Å². The number of ether oxygens (including phenoxy) is 1. The molecule has 0 fully saturated rings. The van der Waals surface area contributed by atoms with Crippen LogP contribution in [-0.2, 0) is 11.2 Å². The number of hydrogen-bond acceptors (Lipinski definition) is 2. The SMILES string of the molecule is CCc1cccc(C)c1NC(=O)COc1c(C)cc(C)cc1C. The van der Waals surface area contributed by atoms with Gasteiger partial charge in [0.25, 0.3) is 5.91 Å². The molecular formula is C20H25NO2. The van der Waals surface area contributed by atoms with Crippen molar-refractivity contribution in [2.24, 2.45) is 0 Å². The number of nitrogens with one attached hydrogen (secondary N) is 1. The van der Waals surface area contributed by atoms with E-state index in [0.29, 0.717) is 0 Å². The van der Waals surface area contributed by atoms with Gasteiger partial charge in [0.1, 0.15) is 5.75 Å². The number of anilines is 1. The topological polar surface area (TPSA) is 38.3 Å². The molecule has 3 heteroatoms. The van der Waals surface area contributed by atoms with Crippen molar-refractivity contribution in [3.05, 3.63) is 58.1 Å². The van der Waals surface area contributed by atoms with Crippen LogP contribution in [0.3, 0.4) is 0 Å². The maximum Gasteiger partial charge on any atom is 0.262 e. The number of amides is 1. The monoisotopic (exact) mass is 311 g/mol. The Morgan fingerprint density at radius 1 is 1.04 bits per heavy atom. The van der Waals surface area contributed by atoms with Crippen LogP contribution in [0.4, 0.5) is 5.69 Å².